The molecule has 2 atom stereocenters. The molecule has 30 heavy (non-hydrogen) atoms. The number of carbonyl (C=O) groups excluding carboxylic acids is 1. The third kappa shape index (κ3) is 4.27. The second-order valence-corrected chi connectivity index (χ2v) is 8.37. The van der Waals surface area contributed by atoms with Gasteiger partial charge in [0.15, 0.2) is 0 Å². The molecule has 10 heteroatoms. The molecule has 1 aliphatic rings. The van der Waals surface area contributed by atoms with E-state index < -0.39 is 41.3 Å². The van der Waals surface area contributed by atoms with E-state index in [2.05, 4.69) is 10.3 Å². The van der Waals surface area contributed by atoms with E-state index in [0.29, 0.717) is 30.4 Å². The molecule has 1 aromatic heterocycles. The van der Waals surface area contributed by atoms with Crippen LogP contribution in [0.15, 0.2) is 18.2 Å². The third-order valence-corrected chi connectivity index (χ3v) is 5.04. The van der Waals surface area contributed by atoms with Crippen LogP contribution in [0.1, 0.15) is 69.2 Å². The summed E-state index contributed by atoms with van der Waals surface area (Å²) in [5.41, 5.74) is -0.640. The van der Waals surface area contributed by atoms with Crippen LogP contribution in [0.25, 0.3) is 0 Å². The van der Waals surface area contributed by atoms with E-state index in [1.165, 1.54) is 9.58 Å². The van der Waals surface area contributed by atoms with Gasteiger partial charge in [-0.05, 0) is 52.3 Å². The molecule has 164 valence electrons. The molecule has 0 saturated heterocycles. The Labute approximate surface area is 171 Å². The van der Waals surface area contributed by atoms with Crippen molar-refractivity contribution in [3.05, 3.63) is 46.5 Å². The Morgan fingerprint density at radius 3 is 2.53 bits per heavy atom. The molecule has 0 N–H and O–H groups in total. The van der Waals surface area contributed by atoms with Gasteiger partial charge in [-0.3, -0.25) is 4.90 Å². The molecule has 0 fully saturated rings. The Morgan fingerprint density at radius 2 is 1.93 bits per heavy atom. The SMILES string of the molecule is CC(c1ccc(F)cc1C(F)(F)F)n1nnc2c1CCN(C(=O)OC(C)(C)C)[C@H]2C. The van der Waals surface area contributed by atoms with Crippen molar-refractivity contribution in [2.45, 2.75) is 64.9 Å². The van der Waals surface area contributed by atoms with Gasteiger partial charge in [-0.15, -0.1) is 5.10 Å². The Kier molecular flexibility index (Phi) is 5.55. The number of benzene rings is 1. The maximum absolute atomic E-state index is 13.5. The Bertz CT molecular complexity index is 949. The highest BCUT2D eigenvalue weighted by Crippen LogP contribution is 2.37. The molecular weight excluding hydrogens is 404 g/mol. The number of carbonyl (C=O) groups is 1. The van der Waals surface area contributed by atoms with Gasteiger partial charge >= 0.3 is 12.3 Å². The number of nitrogens with zero attached hydrogens (tertiary/aromatic N) is 4. The predicted molar refractivity (Wildman–Crippen MR) is 100 cm³/mol. The lowest BCUT2D eigenvalue weighted by Gasteiger charge is -2.34. The predicted octanol–water partition coefficient (Wildman–Crippen LogP) is 4.90. The lowest BCUT2D eigenvalue weighted by Crippen LogP contribution is -2.42. The molecular formula is C20H24F4N4O2. The van der Waals surface area contributed by atoms with Gasteiger partial charge in [0, 0.05) is 13.0 Å². The highest BCUT2D eigenvalue weighted by atomic mass is 19.4. The summed E-state index contributed by atoms with van der Waals surface area (Å²) in [6, 6.07) is 1.34. The first-order valence-electron chi connectivity index (χ1n) is 9.60. The Balaban J connectivity index is 1.93. The van der Waals surface area contributed by atoms with Gasteiger partial charge in [-0.2, -0.15) is 13.2 Å². The fraction of sp³-hybridized carbons (Fsp3) is 0.550. The lowest BCUT2D eigenvalue weighted by molar-refractivity contribution is -0.138. The number of halogens is 4. The van der Waals surface area contributed by atoms with Crippen LogP contribution in [-0.4, -0.2) is 38.1 Å². The van der Waals surface area contributed by atoms with Crippen molar-refractivity contribution in [1.29, 1.82) is 0 Å². The number of fused-ring (bicyclic) bond motifs is 1. The molecule has 0 bridgehead atoms. The van der Waals surface area contributed by atoms with Crippen LogP contribution in [0, 0.1) is 5.82 Å². The molecule has 1 aliphatic heterocycles. The molecule has 2 heterocycles. The molecule has 0 aliphatic carbocycles. The summed E-state index contributed by atoms with van der Waals surface area (Å²) in [6.07, 6.45) is -4.83. The van der Waals surface area contributed by atoms with Crippen molar-refractivity contribution in [2.24, 2.45) is 0 Å². The van der Waals surface area contributed by atoms with E-state index in [0.717, 1.165) is 12.1 Å². The van der Waals surface area contributed by atoms with Gasteiger partial charge in [0.2, 0.25) is 0 Å². The molecule has 1 amide bonds. The fourth-order valence-electron chi connectivity index (χ4n) is 3.61. The summed E-state index contributed by atoms with van der Waals surface area (Å²) in [5.74, 6) is -0.958. The summed E-state index contributed by atoms with van der Waals surface area (Å²) < 4.78 is 60.6. The van der Waals surface area contributed by atoms with Gasteiger partial charge in [0.25, 0.3) is 0 Å². The topological polar surface area (TPSA) is 60.2 Å². The van der Waals surface area contributed by atoms with Crippen LogP contribution in [-0.2, 0) is 17.3 Å². The van der Waals surface area contributed by atoms with E-state index in [4.69, 9.17) is 4.74 Å². The van der Waals surface area contributed by atoms with Gasteiger partial charge in [0.05, 0.1) is 23.3 Å². The largest absolute Gasteiger partial charge is 0.444 e. The fourth-order valence-corrected chi connectivity index (χ4v) is 3.61. The molecule has 0 spiro atoms. The molecule has 6 nitrogen and oxygen atoms in total. The zero-order valence-electron chi connectivity index (χ0n) is 17.4. The minimum atomic E-state index is -4.70. The van der Waals surface area contributed by atoms with E-state index in [1.807, 2.05) is 0 Å². The summed E-state index contributed by atoms with van der Waals surface area (Å²) in [6.45, 7) is 8.95. The number of alkyl halides is 3. The van der Waals surface area contributed by atoms with Crippen LogP contribution >= 0.6 is 0 Å². The van der Waals surface area contributed by atoms with E-state index in [-0.39, 0.29) is 5.56 Å². The van der Waals surface area contributed by atoms with E-state index in [1.54, 1.807) is 34.6 Å². The summed E-state index contributed by atoms with van der Waals surface area (Å²) in [7, 11) is 0. The number of ether oxygens (including phenoxy) is 1. The second kappa shape index (κ2) is 7.55. The molecule has 1 aromatic carbocycles. The summed E-state index contributed by atoms with van der Waals surface area (Å²) in [4.78, 5) is 14.0. The van der Waals surface area contributed by atoms with Crippen LogP contribution < -0.4 is 0 Å². The van der Waals surface area contributed by atoms with Crippen LogP contribution in [0.4, 0.5) is 22.4 Å². The highest BCUT2D eigenvalue weighted by Gasteiger charge is 2.38. The maximum atomic E-state index is 13.5. The second-order valence-electron chi connectivity index (χ2n) is 8.37. The summed E-state index contributed by atoms with van der Waals surface area (Å²) >= 11 is 0. The third-order valence-electron chi connectivity index (χ3n) is 5.04. The number of hydrogen-bond donors (Lipinski definition) is 0. The lowest BCUT2D eigenvalue weighted by atomic mass is 9.99. The van der Waals surface area contributed by atoms with E-state index >= 15 is 0 Å². The van der Waals surface area contributed by atoms with E-state index in [9.17, 15) is 22.4 Å². The molecule has 2 aromatic rings. The Hall–Kier alpha value is -2.65. The van der Waals surface area contributed by atoms with Crippen LogP contribution in [0.3, 0.4) is 0 Å². The standard InChI is InChI=1S/C20H24F4N4O2/c1-11(14-7-6-13(21)10-15(14)20(22,23)24)28-16-8-9-27(12(2)17(16)25-26-28)18(29)30-19(3,4)5/h6-7,10-12H,8-9H2,1-5H3/t11?,12-/m0/s1. The number of aromatic nitrogens is 3. The van der Waals surface area contributed by atoms with Gasteiger partial charge < -0.3 is 4.74 Å². The maximum Gasteiger partial charge on any atom is 0.416 e. The summed E-state index contributed by atoms with van der Waals surface area (Å²) in [5, 5.41) is 8.20. The minimum Gasteiger partial charge on any atom is -0.444 e. The average molecular weight is 428 g/mol. The zero-order valence-corrected chi connectivity index (χ0v) is 17.4. The molecule has 0 saturated carbocycles. The van der Waals surface area contributed by atoms with Crippen molar-refractivity contribution >= 4 is 6.09 Å². The zero-order chi connectivity index (χ0) is 22.4. The monoisotopic (exact) mass is 428 g/mol. The minimum absolute atomic E-state index is 0.0983. The van der Waals surface area contributed by atoms with Crippen molar-refractivity contribution in [3.8, 4) is 0 Å². The highest BCUT2D eigenvalue weighted by molar-refractivity contribution is 5.69. The molecule has 1 unspecified atom stereocenters. The van der Waals surface area contributed by atoms with Crippen LogP contribution in [0.5, 0.6) is 0 Å². The molecule has 3 rings (SSSR count). The molecule has 0 radical (unpaired) electrons. The van der Waals surface area contributed by atoms with Crippen molar-refractivity contribution < 1.29 is 27.1 Å². The smallest absolute Gasteiger partial charge is 0.416 e. The first-order chi connectivity index (χ1) is 13.8. The van der Waals surface area contributed by atoms with Crippen molar-refractivity contribution in [1.82, 2.24) is 19.9 Å². The normalized spacial score (nSPS) is 18.2. The number of hydrogen-bond acceptors (Lipinski definition) is 4. The van der Waals surface area contributed by atoms with Crippen LogP contribution in [0.2, 0.25) is 0 Å². The van der Waals surface area contributed by atoms with Crippen molar-refractivity contribution in [3.63, 3.8) is 0 Å². The number of amides is 1. The average Bonchev–Trinajstić information content (AvgIpc) is 3.04. The first-order valence-corrected chi connectivity index (χ1v) is 9.60. The quantitative estimate of drug-likeness (QED) is 0.639. The number of rotatable bonds is 2. The Morgan fingerprint density at radius 1 is 1.27 bits per heavy atom. The van der Waals surface area contributed by atoms with Gasteiger partial charge in [-0.1, -0.05) is 11.3 Å². The van der Waals surface area contributed by atoms with Gasteiger partial charge in [-0.25, -0.2) is 13.9 Å². The first kappa shape index (κ1) is 22.0. The van der Waals surface area contributed by atoms with Gasteiger partial charge in [0.1, 0.15) is 17.1 Å². The van der Waals surface area contributed by atoms with Crippen molar-refractivity contribution in [2.75, 3.05) is 6.54 Å².